The van der Waals surface area contributed by atoms with E-state index in [1.165, 1.54) is 6.07 Å². The average molecular weight is 450 g/mol. The molecule has 0 saturated heterocycles. The summed E-state index contributed by atoms with van der Waals surface area (Å²) in [4.78, 5) is 0. The van der Waals surface area contributed by atoms with Gasteiger partial charge in [0.15, 0.2) is 5.83 Å². The number of ether oxygens (including phenoxy) is 1. The highest BCUT2D eigenvalue weighted by Gasteiger charge is 2.57. The van der Waals surface area contributed by atoms with Crippen LogP contribution in [0, 0.1) is 17.7 Å². The average Bonchev–Trinajstić information content (AvgIpc) is 2.95. The number of hydrogen-bond acceptors (Lipinski definition) is 1. The van der Waals surface area contributed by atoms with Crippen molar-refractivity contribution in [3.8, 4) is 0 Å². The van der Waals surface area contributed by atoms with E-state index in [2.05, 4.69) is 4.74 Å². The molecule has 1 atom stereocenters. The molecule has 1 aromatic rings. The van der Waals surface area contributed by atoms with Gasteiger partial charge in [0, 0.05) is 12.8 Å². The van der Waals surface area contributed by atoms with E-state index >= 15 is 0 Å². The van der Waals surface area contributed by atoms with Crippen LogP contribution < -0.4 is 0 Å². The molecular weight excluding hydrogens is 425 g/mol. The van der Waals surface area contributed by atoms with Gasteiger partial charge in [-0.15, -0.1) is 0 Å². The standard InChI is InChI=1S/C23H25F7O/c1-2-3-12-4-7-15(8-5-12)23(29,30)31-17-11-14-10-13-6-9-16(24)20(25)18(13)21(26)19(14)22(17,27)28/h10,12,15,17H,2-9,11H2,1H3. The fourth-order valence-corrected chi connectivity index (χ4v) is 5.29. The quantitative estimate of drug-likeness (QED) is 0.420. The van der Waals surface area contributed by atoms with Crippen molar-refractivity contribution in [3.05, 3.63) is 40.0 Å². The van der Waals surface area contributed by atoms with Crippen LogP contribution in [0.15, 0.2) is 11.9 Å². The SMILES string of the molecule is CCCC1CCC(C(F)(F)OC2Cc3cc4c(c(F)c3C2(F)F)C(F)=C(F)CC4)CC1. The summed E-state index contributed by atoms with van der Waals surface area (Å²) >= 11 is 0. The molecule has 0 spiro atoms. The molecule has 1 aromatic carbocycles. The van der Waals surface area contributed by atoms with E-state index < -0.39 is 59.1 Å². The third-order valence-electron chi connectivity index (χ3n) is 6.96. The third kappa shape index (κ3) is 3.89. The number of benzene rings is 1. The lowest BCUT2D eigenvalue weighted by Crippen LogP contribution is -2.42. The molecule has 0 aliphatic heterocycles. The summed E-state index contributed by atoms with van der Waals surface area (Å²) in [5, 5.41) is 0. The van der Waals surface area contributed by atoms with Crippen LogP contribution in [0.1, 0.15) is 74.1 Å². The monoisotopic (exact) mass is 450 g/mol. The molecule has 1 fully saturated rings. The van der Waals surface area contributed by atoms with Gasteiger partial charge in [-0.1, -0.05) is 25.8 Å². The number of hydrogen-bond donors (Lipinski definition) is 0. The van der Waals surface area contributed by atoms with Gasteiger partial charge in [0.25, 0.3) is 0 Å². The lowest BCUT2D eigenvalue weighted by Gasteiger charge is -2.35. The van der Waals surface area contributed by atoms with Crippen LogP contribution in [-0.4, -0.2) is 12.2 Å². The van der Waals surface area contributed by atoms with Gasteiger partial charge >= 0.3 is 12.0 Å². The zero-order chi connectivity index (χ0) is 22.6. The second kappa shape index (κ2) is 8.09. The Balaban J connectivity index is 1.56. The van der Waals surface area contributed by atoms with E-state index in [1.54, 1.807) is 0 Å². The molecule has 0 bridgehead atoms. The Labute approximate surface area is 176 Å². The third-order valence-corrected chi connectivity index (χ3v) is 6.96. The number of allylic oxidation sites excluding steroid dienone is 1. The number of rotatable bonds is 5. The molecule has 0 aromatic heterocycles. The maximum Gasteiger partial charge on any atom is 0.359 e. The molecule has 0 N–H and O–H groups in total. The summed E-state index contributed by atoms with van der Waals surface area (Å²) < 4.78 is 107. The summed E-state index contributed by atoms with van der Waals surface area (Å²) in [7, 11) is 0. The first-order chi connectivity index (χ1) is 14.6. The van der Waals surface area contributed by atoms with Crippen LogP contribution in [0.25, 0.3) is 5.83 Å². The van der Waals surface area contributed by atoms with Gasteiger partial charge in [0.1, 0.15) is 17.7 Å². The first-order valence-electron chi connectivity index (χ1n) is 10.9. The smallest absolute Gasteiger partial charge is 0.310 e. The fraction of sp³-hybridized carbons (Fsp3) is 0.652. The second-order valence-corrected chi connectivity index (χ2v) is 8.98. The molecule has 3 aliphatic carbocycles. The number of halogens is 7. The van der Waals surface area contributed by atoms with Crippen molar-refractivity contribution in [2.24, 2.45) is 11.8 Å². The van der Waals surface area contributed by atoms with Crippen LogP contribution in [0.4, 0.5) is 30.7 Å². The van der Waals surface area contributed by atoms with Crippen molar-refractivity contribution < 1.29 is 35.5 Å². The molecule has 1 nitrogen and oxygen atoms in total. The van der Waals surface area contributed by atoms with Gasteiger partial charge in [0.2, 0.25) is 0 Å². The van der Waals surface area contributed by atoms with Gasteiger partial charge < -0.3 is 4.74 Å². The van der Waals surface area contributed by atoms with E-state index in [0.29, 0.717) is 18.8 Å². The zero-order valence-corrected chi connectivity index (χ0v) is 17.2. The first kappa shape index (κ1) is 22.6. The van der Waals surface area contributed by atoms with Crippen LogP contribution in [0.3, 0.4) is 0 Å². The highest BCUT2D eigenvalue weighted by atomic mass is 19.3. The normalized spacial score (nSPS) is 27.9. The fourth-order valence-electron chi connectivity index (χ4n) is 5.29. The van der Waals surface area contributed by atoms with Crippen LogP contribution >= 0.6 is 0 Å². The van der Waals surface area contributed by atoms with E-state index in [4.69, 9.17) is 0 Å². The molecule has 0 amide bonds. The minimum absolute atomic E-state index is 0.0486. The molecule has 0 radical (unpaired) electrons. The predicted octanol–water partition coefficient (Wildman–Crippen LogP) is 7.61. The van der Waals surface area contributed by atoms with Gasteiger partial charge in [0.05, 0.1) is 17.0 Å². The minimum Gasteiger partial charge on any atom is -0.310 e. The Hall–Kier alpha value is -1.57. The van der Waals surface area contributed by atoms with Crippen molar-refractivity contribution in [1.82, 2.24) is 0 Å². The Morgan fingerprint density at radius 2 is 1.71 bits per heavy atom. The van der Waals surface area contributed by atoms with Gasteiger partial charge in [-0.3, -0.25) is 0 Å². The van der Waals surface area contributed by atoms with E-state index in [-0.39, 0.29) is 36.8 Å². The molecule has 0 heterocycles. The molecule has 31 heavy (non-hydrogen) atoms. The molecule has 1 saturated carbocycles. The summed E-state index contributed by atoms with van der Waals surface area (Å²) in [5.74, 6) is -9.18. The van der Waals surface area contributed by atoms with Gasteiger partial charge in [-0.2, -0.15) is 17.6 Å². The maximum absolute atomic E-state index is 15.0. The Kier molecular flexibility index (Phi) is 5.90. The van der Waals surface area contributed by atoms with E-state index in [1.807, 2.05) is 6.92 Å². The van der Waals surface area contributed by atoms with Crippen LogP contribution in [0.2, 0.25) is 0 Å². The molecule has 4 rings (SSSR count). The van der Waals surface area contributed by atoms with Crippen LogP contribution in [-0.2, 0) is 23.5 Å². The molecule has 1 unspecified atom stereocenters. The Morgan fingerprint density at radius 1 is 1.03 bits per heavy atom. The van der Waals surface area contributed by atoms with E-state index in [0.717, 1.165) is 12.8 Å². The maximum atomic E-state index is 15.0. The largest absolute Gasteiger partial charge is 0.359 e. The number of alkyl halides is 4. The van der Waals surface area contributed by atoms with Crippen molar-refractivity contribution >= 4 is 5.83 Å². The van der Waals surface area contributed by atoms with Crippen molar-refractivity contribution in [3.63, 3.8) is 0 Å². The minimum atomic E-state index is -4.08. The Bertz CT molecular complexity index is 884. The lowest BCUT2D eigenvalue weighted by molar-refractivity contribution is -0.325. The highest BCUT2D eigenvalue weighted by molar-refractivity contribution is 5.69. The molecule has 3 aliphatic rings. The Morgan fingerprint density at radius 3 is 2.35 bits per heavy atom. The lowest BCUT2D eigenvalue weighted by atomic mass is 9.79. The summed E-state index contributed by atoms with van der Waals surface area (Å²) in [6.07, 6.45) is -3.53. The van der Waals surface area contributed by atoms with Crippen LogP contribution in [0.5, 0.6) is 0 Å². The number of fused-ring (bicyclic) bond motifs is 2. The van der Waals surface area contributed by atoms with Crippen molar-refractivity contribution in [2.75, 3.05) is 0 Å². The summed E-state index contributed by atoms with van der Waals surface area (Å²) in [6.45, 7) is 2.02. The molecule has 8 heteroatoms. The topological polar surface area (TPSA) is 9.23 Å². The molecule has 172 valence electrons. The zero-order valence-electron chi connectivity index (χ0n) is 17.2. The predicted molar refractivity (Wildman–Crippen MR) is 102 cm³/mol. The van der Waals surface area contributed by atoms with Crippen molar-refractivity contribution in [2.45, 2.75) is 82.8 Å². The number of aryl methyl sites for hydroxylation is 1. The summed E-state index contributed by atoms with van der Waals surface area (Å²) in [6, 6.07) is 1.17. The molecular formula is C23H25F7O. The van der Waals surface area contributed by atoms with Crippen molar-refractivity contribution in [1.29, 1.82) is 0 Å². The van der Waals surface area contributed by atoms with Gasteiger partial charge in [-0.25, -0.2) is 13.2 Å². The first-order valence-corrected chi connectivity index (χ1v) is 10.9. The van der Waals surface area contributed by atoms with Gasteiger partial charge in [-0.05, 0) is 49.1 Å². The highest BCUT2D eigenvalue weighted by Crippen LogP contribution is 2.51. The summed E-state index contributed by atoms with van der Waals surface area (Å²) in [5.41, 5.74) is -2.12. The second-order valence-electron chi connectivity index (χ2n) is 8.98. The van der Waals surface area contributed by atoms with E-state index in [9.17, 15) is 30.7 Å².